The van der Waals surface area contributed by atoms with Gasteiger partial charge in [-0.25, -0.2) is 21.6 Å². The molecule has 1 heterocycles. The van der Waals surface area contributed by atoms with Crippen LogP contribution in [0.5, 0.6) is 0 Å². The van der Waals surface area contributed by atoms with Crippen LogP contribution < -0.4 is 4.31 Å². The molecule has 0 unspecified atom stereocenters. The van der Waals surface area contributed by atoms with Crippen molar-refractivity contribution in [3.63, 3.8) is 0 Å². The van der Waals surface area contributed by atoms with Crippen LogP contribution >= 0.6 is 0 Å². The molecule has 8 heteroatoms. The first-order valence-electron chi connectivity index (χ1n) is 10.4. The molecule has 1 saturated heterocycles. The van der Waals surface area contributed by atoms with E-state index in [1.54, 1.807) is 30.3 Å². The number of hydrogen-bond donors (Lipinski definition) is 0. The minimum atomic E-state index is -3.93. The lowest BCUT2D eigenvalue weighted by molar-refractivity contribution is 0.202. The molecule has 0 radical (unpaired) electrons. The van der Waals surface area contributed by atoms with Crippen LogP contribution in [-0.4, -0.2) is 32.4 Å². The highest BCUT2D eigenvalue weighted by atomic mass is 32.2. The molecule has 3 aromatic carbocycles. The van der Waals surface area contributed by atoms with Gasteiger partial charge in [-0.15, -0.1) is 0 Å². The zero-order valence-electron chi connectivity index (χ0n) is 17.3. The SMILES string of the molecule is O=S(=O)(c1ccc(F)cc1)N(c1ccccc1)C1CCN(Cc2c(F)cccc2F)CC1. The maximum absolute atomic E-state index is 14.0. The van der Waals surface area contributed by atoms with E-state index in [0.29, 0.717) is 31.6 Å². The Hall–Kier alpha value is -2.84. The molecule has 168 valence electrons. The third kappa shape index (κ3) is 4.66. The van der Waals surface area contributed by atoms with Crippen LogP contribution in [-0.2, 0) is 16.6 Å². The van der Waals surface area contributed by atoms with E-state index < -0.39 is 27.5 Å². The van der Waals surface area contributed by atoms with Crippen molar-refractivity contribution in [2.24, 2.45) is 0 Å². The lowest BCUT2D eigenvalue weighted by atomic mass is 10.0. The first kappa shape index (κ1) is 22.4. The molecular weight excluding hydrogens is 437 g/mol. The number of rotatable bonds is 6. The fourth-order valence-corrected chi connectivity index (χ4v) is 5.77. The summed E-state index contributed by atoms with van der Waals surface area (Å²) in [6.45, 7) is 1.10. The van der Waals surface area contributed by atoms with Crippen LogP contribution in [0.1, 0.15) is 18.4 Å². The van der Waals surface area contributed by atoms with E-state index in [9.17, 15) is 21.6 Å². The van der Waals surface area contributed by atoms with Crippen molar-refractivity contribution in [2.75, 3.05) is 17.4 Å². The van der Waals surface area contributed by atoms with Crippen LogP contribution in [0.15, 0.2) is 77.7 Å². The second kappa shape index (κ2) is 9.34. The van der Waals surface area contributed by atoms with Gasteiger partial charge in [-0.2, -0.15) is 0 Å². The molecule has 32 heavy (non-hydrogen) atoms. The van der Waals surface area contributed by atoms with E-state index in [4.69, 9.17) is 0 Å². The van der Waals surface area contributed by atoms with Gasteiger partial charge in [-0.3, -0.25) is 9.21 Å². The van der Waals surface area contributed by atoms with Gasteiger partial charge in [-0.1, -0.05) is 24.3 Å². The summed E-state index contributed by atoms with van der Waals surface area (Å²) >= 11 is 0. The van der Waals surface area contributed by atoms with Crippen LogP contribution in [0, 0.1) is 17.5 Å². The van der Waals surface area contributed by atoms with Gasteiger partial charge >= 0.3 is 0 Å². The molecule has 0 amide bonds. The van der Waals surface area contributed by atoms with E-state index in [0.717, 1.165) is 12.1 Å². The average Bonchev–Trinajstić information content (AvgIpc) is 2.78. The van der Waals surface area contributed by atoms with E-state index >= 15 is 0 Å². The monoisotopic (exact) mass is 460 g/mol. The van der Waals surface area contributed by atoms with Crippen molar-refractivity contribution in [1.82, 2.24) is 4.90 Å². The second-order valence-corrected chi connectivity index (χ2v) is 9.61. The van der Waals surface area contributed by atoms with Crippen LogP contribution in [0.25, 0.3) is 0 Å². The van der Waals surface area contributed by atoms with Gasteiger partial charge in [0.05, 0.1) is 10.6 Å². The maximum Gasteiger partial charge on any atom is 0.264 e. The first-order valence-corrected chi connectivity index (χ1v) is 11.8. The third-order valence-corrected chi connectivity index (χ3v) is 7.61. The number of hydrogen-bond acceptors (Lipinski definition) is 3. The smallest absolute Gasteiger partial charge is 0.264 e. The molecule has 0 aromatic heterocycles. The number of nitrogens with zero attached hydrogens (tertiary/aromatic N) is 2. The lowest BCUT2D eigenvalue weighted by Crippen LogP contribution is -2.47. The van der Waals surface area contributed by atoms with E-state index in [1.807, 2.05) is 4.90 Å². The summed E-state index contributed by atoms with van der Waals surface area (Å²) in [5.74, 6) is -1.68. The van der Waals surface area contributed by atoms with Crippen molar-refractivity contribution in [3.05, 3.63) is 95.8 Å². The number of likely N-dealkylation sites (tertiary alicyclic amines) is 1. The first-order chi connectivity index (χ1) is 15.4. The molecule has 1 aliphatic rings. The van der Waals surface area contributed by atoms with Gasteiger partial charge in [0, 0.05) is 31.2 Å². The molecule has 0 N–H and O–H groups in total. The van der Waals surface area contributed by atoms with E-state index in [2.05, 4.69) is 0 Å². The van der Waals surface area contributed by atoms with E-state index in [-0.39, 0.29) is 23.0 Å². The molecule has 1 fully saturated rings. The molecule has 0 saturated carbocycles. The number of anilines is 1. The number of para-hydroxylation sites is 1. The Balaban J connectivity index is 1.57. The molecular formula is C24H23F3N2O2S. The minimum Gasteiger partial charge on any atom is -0.299 e. The highest BCUT2D eigenvalue weighted by Crippen LogP contribution is 2.31. The highest BCUT2D eigenvalue weighted by molar-refractivity contribution is 7.92. The van der Waals surface area contributed by atoms with Crippen molar-refractivity contribution in [3.8, 4) is 0 Å². The number of halogens is 3. The summed E-state index contributed by atoms with van der Waals surface area (Å²) in [6, 6.07) is 17.0. The van der Waals surface area contributed by atoms with Crippen LogP contribution in [0.4, 0.5) is 18.9 Å². The fraction of sp³-hybridized carbons (Fsp3) is 0.250. The molecule has 0 spiro atoms. The minimum absolute atomic E-state index is 0.0126. The number of sulfonamides is 1. The normalized spacial score (nSPS) is 15.6. The average molecular weight is 461 g/mol. The second-order valence-electron chi connectivity index (χ2n) is 7.80. The van der Waals surface area contributed by atoms with Gasteiger partial charge in [0.25, 0.3) is 10.0 Å². The molecule has 0 bridgehead atoms. The van der Waals surface area contributed by atoms with Gasteiger partial charge < -0.3 is 0 Å². The Labute approximate surface area is 186 Å². The molecule has 1 aliphatic heterocycles. The topological polar surface area (TPSA) is 40.6 Å². The van der Waals surface area contributed by atoms with Crippen molar-refractivity contribution in [2.45, 2.75) is 30.3 Å². The Morgan fingerprint density at radius 1 is 0.812 bits per heavy atom. The Morgan fingerprint density at radius 2 is 1.41 bits per heavy atom. The molecule has 3 aromatic rings. The Morgan fingerprint density at radius 3 is 2.00 bits per heavy atom. The molecule has 0 aliphatic carbocycles. The zero-order chi connectivity index (χ0) is 22.7. The number of piperidine rings is 1. The van der Waals surface area contributed by atoms with Gasteiger partial charge in [-0.05, 0) is 61.4 Å². The summed E-state index contributed by atoms with van der Waals surface area (Å²) in [5, 5.41) is 0. The van der Waals surface area contributed by atoms with Gasteiger partial charge in [0.2, 0.25) is 0 Å². The fourth-order valence-electron chi connectivity index (χ4n) is 4.06. The maximum atomic E-state index is 14.0. The van der Waals surface area contributed by atoms with Gasteiger partial charge in [0.15, 0.2) is 0 Å². The molecule has 4 nitrogen and oxygen atoms in total. The molecule has 0 atom stereocenters. The van der Waals surface area contributed by atoms with Crippen molar-refractivity contribution >= 4 is 15.7 Å². The summed E-state index contributed by atoms with van der Waals surface area (Å²) in [4.78, 5) is 1.93. The van der Waals surface area contributed by atoms with Crippen LogP contribution in [0.2, 0.25) is 0 Å². The summed E-state index contributed by atoms with van der Waals surface area (Å²) in [6.07, 6.45) is 0.983. The number of benzene rings is 3. The Kier molecular flexibility index (Phi) is 6.53. The van der Waals surface area contributed by atoms with Gasteiger partial charge in [0.1, 0.15) is 17.5 Å². The summed E-state index contributed by atoms with van der Waals surface area (Å²) < 4.78 is 69.8. The summed E-state index contributed by atoms with van der Waals surface area (Å²) in [5.41, 5.74) is 0.542. The van der Waals surface area contributed by atoms with Crippen molar-refractivity contribution in [1.29, 1.82) is 0 Å². The standard InChI is InChI=1S/C24H23F3N2O2S/c25-18-9-11-21(12-10-18)32(30,31)29(19-5-2-1-3-6-19)20-13-15-28(16-14-20)17-22-23(26)7-4-8-24(22)27/h1-12,20H,13-17H2. The third-order valence-electron chi connectivity index (χ3n) is 5.71. The quantitative estimate of drug-likeness (QED) is 0.522. The Bertz CT molecular complexity index is 1140. The largest absolute Gasteiger partial charge is 0.299 e. The highest BCUT2D eigenvalue weighted by Gasteiger charge is 2.34. The summed E-state index contributed by atoms with van der Waals surface area (Å²) in [7, 11) is -3.93. The lowest BCUT2D eigenvalue weighted by Gasteiger charge is -2.39. The van der Waals surface area contributed by atoms with E-state index in [1.165, 1.54) is 34.6 Å². The zero-order valence-corrected chi connectivity index (χ0v) is 18.1. The predicted octanol–water partition coefficient (Wildman–Crippen LogP) is 4.96. The van der Waals surface area contributed by atoms with Crippen LogP contribution in [0.3, 0.4) is 0 Å². The molecule has 4 rings (SSSR count). The predicted molar refractivity (Wildman–Crippen MR) is 117 cm³/mol. The van der Waals surface area contributed by atoms with Crippen molar-refractivity contribution < 1.29 is 21.6 Å².